The SMILES string of the molecule is O=[SH](=O)NC(O)c1ccccc1. The van der Waals surface area contributed by atoms with E-state index in [0.717, 1.165) is 0 Å². The van der Waals surface area contributed by atoms with Crippen LogP contribution in [-0.2, 0) is 10.9 Å². The third-order valence-corrected chi connectivity index (χ3v) is 1.80. The molecule has 1 atom stereocenters. The van der Waals surface area contributed by atoms with Crippen molar-refractivity contribution in [1.29, 1.82) is 0 Å². The van der Waals surface area contributed by atoms with Gasteiger partial charge in [-0.25, -0.2) is 8.42 Å². The second-order valence-electron chi connectivity index (χ2n) is 2.20. The largest absolute Gasteiger partial charge is 0.373 e. The molecule has 12 heavy (non-hydrogen) atoms. The minimum Gasteiger partial charge on any atom is -0.373 e. The standard InChI is InChI=1S/C7H9NO3S/c9-7(8-12(10)11)6-4-2-1-3-5-6/h1-5,7,9,12H,(H,8,10,11). The van der Waals surface area contributed by atoms with Crippen LogP contribution in [0.25, 0.3) is 0 Å². The lowest BCUT2D eigenvalue weighted by Gasteiger charge is -2.06. The van der Waals surface area contributed by atoms with Crippen molar-refractivity contribution in [3.8, 4) is 0 Å². The molecule has 0 saturated carbocycles. The fourth-order valence-corrected chi connectivity index (χ4v) is 1.16. The molecule has 0 aliphatic rings. The van der Waals surface area contributed by atoms with Gasteiger partial charge in [0.2, 0.25) is 10.9 Å². The van der Waals surface area contributed by atoms with Crippen molar-refractivity contribution in [2.24, 2.45) is 0 Å². The van der Waals surface area contributed by atoms with E-state index in [1.807, 2.05) is 4.72 Å². The number of hydrogen-bond acceptors (Lipinski definition) is 3. The van der Waals surface area contributed by atoms with Crippen molar-refractivity contribution >= 4 is 10.9 Å². The van der Waals surface area contributed by atoms with Crippen molar-refractivity contribution < 1.29 is 13.5 Å². The summed E-state index contributed by atoms with van der Waals surface area (Å²) in [4.78, 5) is 0. The summed E-state index contributed by atoms with van der Waals surface area (Å²) in [6.07, 6.45) is -1.15. The first-order valence-corrected chi connectivity index (χ1v) is 4.51. The zero-order valence-corrected chi connectivity index (χ0v) is 7.07. The predicted octanol–water partition coefficient (Wildman–Crippen LogP) is -0.206. The lowest BCUT2D eigenvalue weighted by atomic mass is 10.2. The van der Waals surface area contributed by atoms with Gasteiger partial charge in [0.25, 0.3) is 0 Å². The van der Waals surface area contributed by atoms with Gasteiger partial charge >= 0.3 is 0 Å². The summed E-state index contributed by atoms with van der Waals surface area (Å²) in [5.41, 5.74) is 0.525. The number of benzene rings is 1. The molecule has 1 aromatic carbocycles. The number of aliphatic hydroxyl groups is 1. The third-order valence-electron chi connectivity index (χ3n) is 1.34. The Hall–Kier alpha value is -0.910. The summed E-state index contributed by atoms with van der Waals surface area (Å²) in [5.74, 6) is 0. The molecule has 0 heterocycles. The van der Waals surface area contributed by atoms with E-state index in [4.69, 9.17) is 0 Å². The molecule has 0 spiro atoms. The van der Waals surface area contributed by atoms with E-state index in [-0.39, 0.29) is 0 Å². The van der Waals surface area contributed by atoms with Gasteiger partial charge in [-0.15, -0.1) is 0 Å². The van der Waals surface area contributed by atoms with Crippen LogP contribution in [-0.4, -0.2) is 13.5 Å². The van der Waals surface area contributed by atoms with Crippen LogP contribution in [0.3, 0.4) is 0 Å². The number of thiol groups is 1. The molecule has 1 rings (SSSR count). The number of nitrogens with one attached hydrogen (secondary N) is 1. The molecule has 2 N–H and O–H groups in total. The number of rotatable bonds is 3. The molecule has 0 aromatic heterocycles. The molecule has 0 radical (unpaired) electrons. The van der Waals surface area contributed by atoms with Gasteiger partial charge in [0.05, 0.1) is 0 Å². The van der Waals surface area contributed by atoms with Crippen LogP contribution in [0.5, 0.6) is 0 Å². The van der Waals surface area contributed by atoms with Gasteiger partial charge in [0, 0.05) is 0 Å². The van der Waals surface area contributed by atoms with Gasteiger partial charge in [0.1, 0.15) is 6.23 Å². The molecular weight excluding hydrogens is 178 g/mol. The van der Waals surface area contributed by atoms with Crippen LogP contribution in [0.1, 0.15) is 11.8 Å². The van der Waals surface area contributed by atoms with E-state index in [9.17, 15) is 13.5 Å². The zero-order chi connectivity index (χ0) is 8.97. The summed E-state index contributed by atoms with van der Waals surface area (Å²) < 4.78 is 22.3. The minimum atomic E-state index is -2.76. The van der Waals surface area contributed by atoms with E-state index >= 15 is 0 Å². The lowest BCUT2D eigenvalue weighted by Crippen LogP contribution is -2.18. The summed E-state index contributed by atoms with van der Waals surface area (Å²) in [7, 11) is -2.76. The first-order chi connectivity index (χ1) is 5.70. The molecule has 0 bridgehead atoms. The highest BCUT2D eigenvalue weighted by Gasteiger charge is 2.04. The molecular formula is C7H9NO3S. The van der Waals surface area contributed by atoms with E-state index in [1.165, 1.54) is 0 Å². The van der Waals surface area contributed by atoms with Gasteiger partial charge < -0.3 is 5.11 Å². The Bertz CT molecular complexity index is 302. The van der Waals surface area contributed by atoms with Gasteiger partial charge in [-0.2, -0.15) is 4.72 Å². The molecule has 0 fully saturated rings. The van der Waals surface area contributed by atoms with Crippen LogP contribution in [0.4, 0.5) is 0 Å². The van der Waals surface area contributed by atoms with Crippen LogP contribution in [0.15, 0.2) is 30.3 Å². The second-order valence-corrected chi connectivity index (χ2v) is 2.97. The van der Waals surface area contributed by atoms with Crippen molar-refractivity contribution in [2.75, 3.05) is 0 Å². The normalized spacial score (nSPS) is 13.2. The average Bonchev–Trinajstić information content (AvgIpc) is 2.05. The Morgan fingerprint density at radius 3 is 2.33 bits per heavy atom. The molecule has 5 heteroatoms. The fourth-order valence-electron chi connectivity index (χ4n) is 0.810. The molecule has 1 unspecified atom stereocenters. The molecule has 0 aliphatic carbocycles. The Labute approximate surface area is 71.9 Å². The van der Waals surface area contributed by atoms with Gasteiger partial charge in [-0.3, -0.25) is 0 Å². The van der Waals surface area contributed by atoms with Crippen LogP contribution in [0.2, 0.25) is 0 Å². The van der Waals surface area contributed by atoms with Crippen LogP contribution >= 0.6 is 0 Å². The molecule has 0 amide bonds. The van der Waals surface area contributed by atoms with Crippen LogP contribution < -0.4 is 4.72 Å². The zero-order valence-electron chi connectivity index (χ0n) is 6.18. The smallest absolute Gasteiger partial charge is 0.203 e. The molecule has 0 aliphatic heterocycles. The highest BCUT2D eigenvalue weighted by molar-refractivity contribution is 7.70. The van der Waals surface area contributed by atoms with Gasteiger partial charge in [-0.05, 0) is 5.56 Å². The first kappa shape index (κ1) is 9.18. The molecule has 4 nitrogen and oxygen atoms in total. The molecule has 66 valence electrons. The maximum Gasteiger partial charge on any atom is 0.203 e. The quantitative estimate of drug-likeness (QED) is 0.453. The van der Waals surface area contributed by atoms with Crippen molar-refractivity contribution in [1.82, 2.24) is 4.72 Å². The number of aliphatic hydroxyl groups excluding tert-OH is 1. The monoisotopic (exact) mass is 187 g/mol. The van der Waals surface area contributed by atoms with Crippen LogP contribution in [0, 0.1) is 0 Å². The van der Waals surface area contributed by atoms with E-state index < -0.39 is 17.1 Å². The first-order valence-electron chi connectivity index (χ1n) is 3.33. The maximum absolute atomic E-state index is 10.1. The van der Waals surface area contributed by atoms with Crippen molar-refractivity contribution in [2.45, 2.75) is 6.23 Å². The Balaban J connectivity index is 2.71. The predicted molar refractivity (Wildman–Crippen MR) is 44.9 cm³/mol. The molecule has 1 aromatic rings. The highest BCUT2D eigenvalue weighted by atomic mass is 32.2. The van der Waals surface area contributed by atoms with E-state index in [2.05, 4.69) is 0 Å². The minimum absolute atomic E-state index is 0.525. The summed E-state index contributed by atoms with van der Waals surface area (Å²) in [6.45, 7) is 0. The Morgan fingerprint density at radius 1 is 1.25 bits per heavy atom. The second kappa shape index (κ2) is 4.20. The lowest BCUT2D eigenvalue weighted by molar-refractivity contribution is 0.168. The summed E-state index contributed by atoms with van der Waals surface area (Å²) in [6, 6.07) is 8.50. The Morgan fingerprint density at radius 2 is 1.83 bits per heavy atom. The molecule has 0 saturated heterocycles. The third kappa shape index (κ3) is 2.61. The Kier molecular flexibility index (Phi) is 3.21. The summed E-state index contributed by atoms with van der Waals surface area (Å²) in [5, 5.41) is 9.20. The number of hydrogen-bond donors (Lipinski definition) is 3. The van der Waals surface area contributed by atoms with Crippen molar-refractivity contribution in [3.63, 3.8) is 0 Å². The van der Waals surface area contributed by atoms with Crippen molar-refractivity contribution in [3.05, 3.63) is 35.9 Å². The van der Waals surface area contributed by atoms with E-state index in [1.54, 1.807) is 30.3 Å². The van der Waals surface area contributed by atoms with E-state index in [0.29, 0.717) is 5.56 Å². The van der Waals surface area contributed by atoms with Gasteiger partial charge in [0.15, 0.2) is 0 Å². The maximum atomic E-state index is 10.1. The highest BCUT2D eigenvalue weighted by Crippen LogP contribution is 2.07. The average molecular weight is 187 g/mol. The fraction of sp³-hybridized carbons (Fsp3) is 0.143. The van der Waals surface area contributed by atoms with Gasteiger partial charge in [-0.1, -0.05) is 30.3 Å². The topological polar surface area (TPSA) is 66.4 Å². The summed E-state index contributed by atoms with van der Waals surface area (Å²) >= 11 is 0.